The van der Waals surface area contributed by atoms with Gasteiger partial charge in [-0.3, -0.25) is 4.79 Å². The summed E-state index contributed by atoms with van der Waals surface area (Å²) in [6, 6.07) is 15.7. The molecule has 0 amide bonds. The molecule has 0 aromatic heterocycles. The molecule has 2 aromatic rings. The van der Waals surface area contributed by atoms with Crippen molar-refractivity contribution in [1.82, 2.24) is 0 Å². The molecule has 0 aliphatic carbocycles. The van der Waals surface area contributed by atoms with E-state index in [9.17, 15) is 4.79 Å². The van der Waals surface area contributed by atoms with Crippen molar-refractivity contribution >= 4 is 42.4 Å². The number of benzene rings is 2. The quantitative estimate of drug-likeness (QED) is 0.0840. The van der Waals surface area contributed by atoms with E-state index in [0.29, 0.717) is 0 Å². The van der Waals surface area contributed by atoms with Crippen LogP contribution in [0.3, 0.4) is 0 Å². The summed E-state index contributed by atoms with van der Waals surface area (Å²) in [7, 11) is 0. The van der Waals surface area contributed by atoms with Crippen molar-refractivity contribution in [3.63, 3.8) is 0 Å². The Labute approximate surface area is 218 Å². The largest absolute Gasteiger partial charge is 0.385 e. The number of nitrogens with one attached hydrogen (secondary N) is 2. The van der Waals surface area contributed by atoms with Crippen LogP contribution in [0.25, 0.3) is 0 Å². The van der Waals surface area contributed by atoms with Gasteiger partial charge in [0.1, 0.15) is 0 Å². The Morgan fingerprint density at radius 2 is 0.824 bits per heavy atom. The highest BCUT2D eigenvalue weighted by Gasteiger charge is 2.09. The maximum atomic E-state index is 12.8. The Bertz CT molecular complexity index is 712. The predicted molar refractivity (Wildman–Crippen MR) is 156 cm³/mol. The fraction of sp³-hybridized carbons (Fsp3) is 0.552. The van der Waals surface area contributed by atoms with E-state index in [4.69, 9.17) is 0 Å². The van der Waals surface area contributed by atoms with Crippen molar-refractivity contribution < 1.29 is 4.79 Å². The molecule has 2 rings (SSSR count). The number of ketones is 1. The molecule has 0 radical (unpaired) electrons. The zero-order valence-electron chi connectivity index (χ0n) is 20.7. The van der Waals surface area contributed by atoms with E-state index in [2.05, 4.69) is 35.9 Å². The second-order valence-corrected chi connectivity index (χ2v) is 9.92. The average molecular weight is 501 g/mol. The molecule has 5 heteroatoms. The van der Waals surface area contributed by atoms with Crippen molar-refractivity contribution in [1.29, 1.82) is 0 Å². The molecule has 0 saturated carbocycles. The molecule has 0 aliphatic rings. The Kier molecular flexibility index (Phi) is 15.8. The predicted octanol–water partition coefficient (Wildman–Crippen LogP) is 8.28. The van der Waals surface area contributed by atoms with Gasteiger partial charge < -0.3 is 10.6 Å². The summed E-state index contributed by atoms with van der Waals surface area (Å²) in [4.78, 5) is 12.8. The van der Waals surface area contributed by atoms with Gasteiger partial charge in [0.05, 0.1) is 0 Å². The van der Waals surface area contributed by atoms with Crippen LogP contribution in [0.4, 0.5) is 11.4 Å². The molecule has 34 heavy (non-hydrogen) atoms. The SMILES string of the molecule is O=C(c1ccc(NCCCCCCCCS)cc1)c1ccc(NCCCCCCCCS)cc1. The van der Waals surface area contributed by atoms with Gasteiger partial charge >= 0.3 is 0 Å². The van der Waals surface area contributed by atoms with Crippen LogP contribution >= 0.6 is 25.3 Å². The standard InChI is InChI=1S/C29H44N2OS2/c32-29(25-13-17-27(18-14-25)30-21-9-5-1-3-7-11-23-33)26-15-19-28(20-16-26)31-22-10-6-2-4-8-12-24-34/h13-20,30-31,33-34H,1-12,21-24H2. The highest BCUT2D eigenvalue weighted by atomic mass is 32.1. The molecule has 3 nitrogen and oxygen atoms in total. The minimum atomic E-state index is 0.0699. The van der Waals surface area contributed by atoms with E-state index in [0.717, 1.165) is 47.1 Å². The summed E-state index contributed by atoms with van der Waals surface area (Å²) in [6.45, 7) is 1.95. The maximum Gasteiger partial charge on any atom is 0.193 e. The third kappa shape index (κ3) is 12.2. The Hall–Kier alpha value is -1.59. The number of thiol groups is 2. The van der Waals surface area contributed by atoms with Crippen molar-refractivity contribution in [2.24, 2.45) is 0 Å². The maximum absolute atomic E-state index is 12.8. The van der Waals surface area contributed by atoms with Crippen LogP contribution in [-0.2, 0) is 0 Å². The molecule has 0 atom stereocenters. The summed E-state index contributed by atoms with van der Waals surface area (Å²) in [5, 5.41) is 6.93. The summed E-state index contributed by atoms with van der Waals surface area (Å²) in [5.74, 6) is 2.07. The summed E-state index contributed by atoms with van der Waals surface area (Å²) >= 11 is 8.51. The Morgan fingerprint density at radius 3 is 1.18 bits per heavy atom. The van der Waals surface area contributed by atoms with E-state index in [1.807, 2.05) is 48.5 Å². The number of rotatable bonds is 20. The molecule has 2 N–H and O–H groups in total. The number of anilines is 2. The summed E-state index contributed by atoms with van der Waals surface area (Å²) in [6.07, 6.45) is 15.1. The summed E-state index contributed by atoms with van der Waals surface area (Å²) in [5.41, 5.74) is 3.61. The van der Waals surface area contributed by atoms with Gasteiger partial charge in [-0.2, -0.15) is 25.3 Å². The average Bonchev–Trinajstić information content (AvgIpc) is 2.87. The monoisotopic (exact) mass is 500 g/mol. The molecule has 2 aromatic carbocycles. The van der Waals surface area contributed by atoms with Gasteiger partial charge in [0.2, 0.25) is 0 Å². The van der Waals surface area contributed by atoms with Crippen LogP contribution in [0, 0.1) is 0 Å². The van der Waals surface area contributed by atoms with E-state index in [1.165, 1.54) is 77.0 Å². The van der Waals surface area contributed by atoms with Crippen LogP contribution in [0.1, 0.15) is 93.0 Å². The number of hydrogen-bond donors (Lipinski definition) is 4. The molecular weight excluding hydrogens is 456 g/mol. The number of unbranched alkanes of at least 4 members (excludes halogenated alkanes) is 10. The lowest BCUT2D eigenvalue weighted by atomic mass is 10.0. The first-order valence-electron chi connectivity index (χ1n) is 13.2. The first kappa shape index (κ1) is 28.6. The minimum Gasteiger partial charge on any atom is -0.385 e. The van der Waals surface area contributed by atoms with Gasteiger partial charge in [0, 0.05) is 35.6 Å². The Balaban J connectivity index is 1.65. The molecule has 0 unspecified atom stereocenters. The van der Waals surface area contributed by atoms with Crippen LogP contribution < -0.4 is 10.6 Å². The topological polar surface area (TPSA) is 41.1 Å². The first-order chi connectivity index (χ1) is 16.7. The molecule has 0 saturated heterocycles. The lowest BCUT2D eigenvalue weighted by molar-refractivity contribution is 0.103. The molecule has 0 spiro atoms. The molecule has 188 valence electrons. The van der Waals surface area contributed by atoms with Gasteiger partial charge in [-0.1, -0.05) is 51.4 Å². The smallest absolute Gasteiger partial charge is 0.193 e. The van der Waals surface area contributed by atoms with Gasteiger partial charge in [0.15, 0.2) is 5.78 Å². The van der Waals surface area contributed by atoms with Gasteiger partial charge in [-0.15, -0.1) is 0 Å². The van der Waals surface area contributed by atoms with Crippen molar-refractivity contribution in [3.8, 4) is 0 Å². The van der Waals surface area contributed by atoms with Crippen LogP contribution in [0.2, 0.25) is 0 Å². The van der Waals surface area contributed by atoms with Gasteiger partial charge in [-0.25, -0.2) is 0 Å². The van der Waals surface area contributed by atoms with Crippen LogP contribution in [0.5, 0.6) is 0 Å². The zero-order chi connectivity index (χ0) is 24.3. The van der Waals surface area contributed by atoms with E-state index in [1.54, 1.807) is 0 Å². The Morgan fingerprint density at radius 1 is 0.500 bits per heavy atom. The van der Waals surface area contributed by atoms with E-state index in [-0.39, 0.29) is 5.78 Å². The van der Waals surface area contributed by atoms with Crippen molar-refractivity contribution in [2.45, 2.75) is 77.0 Å². The highest BCUT2D eigenvalue weighted by molar-refractivity contribution is 7.80. The number of carbonyl (C=O) groups is 1. The third-order valence-electron chi connectivity index (χ3n) is 6.12. The number of carbonyl (C=O) groups excluding carboxylic acids is 1. The van der Waals surface area contributed by atoms with E-state index >= 15 is 0 Å². The molecule has 0 bridgehead atoms. The molecule has 0 aliphatic heterocycles. The van der Waals surface area contributed by atoms with Crippen LogP contribution in [0.15, 0.2) is 48.5 Å². The molecule has 0 fully saturated rings. The molecular formula is C29H44N2OS2. The number of hydrogen-bond acceptors (Lipinski definition) is 5. The lowest BCUT2D eigenvalue weighted by Crippen LogP contribution is -2.05. The normalized spacial score (nSPS) is 10.9. The summed E-state index contributed by atoms with van der Waals surface area (Å²) < 4.78 is 0. The third-order valence-corrected chi connectivity index (χ3v) is 6.75. The van der Waals surface area contributed by atoms with Crippen molar-refractivity contribution in [3.05, 3.63) is 59.7 Å². The minimum absolute atomic E-state index is 0.0699. The van der Waals surface area contributed by atoms with Crippen LogP contribution in [-0.4, -0.2) is 30.4 Å². The zero-order valence-corrected chi connectivity index (χ0v) is 22.5. The second-order valence-electron chi connectivity index (χ2n) is 9.03. The van der Waals surface area contributed by atoms with Gasteiger partial charge in [-0.05, 0) is 85.7 Å². The fourth-order valence-electron chi connectivity index (χ4n) is 4.00. The highest BCUT2D eigenvalue weighted by Crippen LogP contribution is 2.17. The molecule has 0 heterocycles. The fourth-order valence-corrected chi connectivity index (χ4v) is 4.45. The van der Waals surface area contributed by atoms with Gasteiger partial charge in [0.25, 0.3) is 0 Å². The first-order valence-corrected chi connectivity index (χ1v) is 14.5. The van der Waals surface area contributed by atoms with E-state index < -0.39 is 0 Å². The second kappa shape index (κ2) is 18.7. The van der Waals surface area contributed by atoms with Crippen molar-refractivity contribution in [2.75, 3.05) is 35.2 Å². The lowest BCUT2D eigenvalue weighted by Gasteiger charge is -2.09.